The maximum atomic E-state index is 5.96. The third kappa shape index (κ3) is 2.33. The number of aryl methyl sites for hydroxylation is 1. The molecule has 1 aromatic heterocycles. The van der Waals surface area contributed by atoms with Crippen LogP contribution in [0, 0.1) is 0 Å². The van der Waals surface area contributed by atoms with E-state index >= 15 is 0 Å². The summed E-state index contributed by atoms with van der Waals surface area (Å²) in [5.41, 5.74) is 8.54. The summed E-state index contributed by atoms with van der Waals surface area (Å²) in [4.78, 5) is 0. The summed E-state index contributed by atoms with van der Waals surface area (Å²) in [6.07, 6.45) is 1.77. The maximum absolute atomic E-state index is 5.96. The number of anilines is 2. The molecule has 0 aliphatic heterocycles. The molecule has 0 spiro atoms. The number of nitrogen functional groups attached to an aromatic ring is 1. The molecule has 0 fully saturated rings. The Labute approximate surface area is 100 Å². The Morgan fingerprint density at radius 3 is 2.88 bits per heavy atom. The number of hydrogen-bond acceptors (Lipinski definition) is 4. The zero-order valence-electron chi connectivity index (χ0n) is 9.97. The van der Waals surface area contributed by atoms with Gasteiger partial charge < -0.3 is 15.8 Å². The van der Waals surface area contributed by atoms with Gasteiger partial charge in [0.15, 0.2) is 0 Å². The zero-order chi connectivity index (χ0) is 12.3. The standard InChI is InChI=1S/C12H16N4O/c1-16-9(6-7-15-16)8-14-10-4-3-5-11(17-2)12(10)13/h3-7,14H,8,13H2,1-2H3. The number of nitrogens with two attached hydrogens (primary N) is 1. The molecule has 3 N–H and O–H groups in total. The first-order chi connectivity index (χ1) is 8.22. The van der Waals surface area contributed by atoms with Gasteiger partial charge in [-0.2, -0.15) is 5.10 Å². The fourth-order valence-electron chi connectivity index (χ4n) is 1.64. The van der Waals surface area contributed by atoms with Crippen molar-refractivity contribution in [1.82, 2.24) is 9.78 Å². The van der Waals surface area contributed by atoms with Crippen molar-refractivity contribution in [2.45, 2.75) is 6.54 Å². The highest BCUT2D eigenvalue weighted by atomic mass is 16.5. The molecule has 2 aromatic rings. The van der Waals surface area contributed by atoms with Crippen molar-refractivity contribution >= 4 is 11.4 Å². The first-order valence-electron chi connectivity index (χ1n) is 5.35. The van der Waals surface area contributed by atoms with Gasteiger partial charge in [0.1, 0.15) is 5.75 Å². The zero-order valence-corrected chi connectivity index (χ0v) is 9.97. The van der Waals surface area contributed by atoms with Crippen LogP contribution in [0.4, 0.5) is 11.4 Å². The van der Waals surface area contributed by atoms with E-state index in [2.05, 4.69) is 10.4 Å². The molecule has 1 aromatic carbocycles. The van der Waals surface area contributed by atoms with Crippen LogP contribution >= 0.6 is 0 Å². The topological polar surface area (TPSA) is 65.1 Å². The van der Waals surface area contributed by atoms with E-state index in [0.29, 0.717) is 18.0 Å². The van der Waals surface area contributed by atoms with E-state index in [-0.39, 0.29) is 0 Å². The van der Waals surface area contributed by atoms with Crippen molar-refractivity contribution in [1.29, 1.82) is 0 Å². The van der Waals surface area contributed by atoms with E-state index in [9.17, 15) is 0 Å². The highest BCUT2D eigenvalue weighted by Crippen LogP contribution is 2.29. The minimum atomic E-state index is 0.622. The van der Waals surface area contributed by atoms with Crippen molar-refractivity contribution in [3.05, 3.63) is 36.2 Å². The van der Waals surface area contributed by atoms with Crippen molar-refractivity contribution in [3.8, 4) is 5.75 Å². The van der Waals surface area contributed by atoms with Crippen LogP contribution in [0.5, 0.6) is 5.75 Å². The lowest BCUT2D eigenvalue weighted by atomic mass is 10.2. The fraction of sp³-hybridized carbons (Fsp3) is 0.250. The van der Waals surface area contributed by atoms with E-state index in [1.165, 1.54) is 0 Å². The lowest BCUT2D eigenvalue weighted by molar-refractivity contribution is 0.417. The second kappa shape index (κ2) is 4.78. The van der Waals surface area contributed by atoms with Crippen LogP contribution in [0.3, 0.4) is 0 Å². The normalized spacial score (nSPS) is 10.2. The van der Waals surface area contributed by atoms with Gasteiger partial charge in [0.25, 0.3) is 0 Å². The van der Waals surface area contributed by atoms with Crippen molar-refractivity contribution in [2.24, 2.45) is 7.05 Å². The maximum Gasteiger partial charge on any atom is 0.143 e. The Hall–Kier alpha value is -2.17. The molecule has 0 amide bonds. The molecule has 0 unspecified atom stereocenters. The predicted molar refractivity (Wildman–Crippen MR) is 67.9 cm³/mol. The second-order valence-electron chi connectivity index (χ2n) is 3.72. The fourth-order valence-corrected chi connectivity index (χ4v) is 1.64. The summed E-state index contributed by atoms with van der Waals surface area (Å²) >= 11 is 0. The molecule has 90 valence electrons. The van der Waals surface area contributed by atoms with Crippen molar-refractivity contribution in [3.63, 3.8) is 0 Å². The summed E-state index contributed by atoms with van der Waals surface area (Å²) in [6, 6.07) is 7.63. The van der Waals surface area contributed by atoms with Gasteiger partial charge in [-0.1, -0.05) is 6.07 Å². The van der Waals surface area contributed by atoms with E-state index in [4.69, 9.17) is 10.5 Å². The molecule has 0 radical (unpaired) electrons. The van der Waals surface area contributed by atoms with Crippen molar-refractivity contribution in [2.75, 3.05) is 18.2 Å². The number of rotatable bonds is 4. The van der Waals surface area contributed by atoms with Crippen LogP contribution in [-0.2, 0) is 13.6 Å². The Balaban J connectivity index is 2.12. The molecule has 1 heterocycles. The van der Waals surface area contributed by atoms with Crippen LogP contribution in [-0.4, -0.2) is 16.9 Å². The first kappa shape index (κ1) is 11.3. The van der Waals surface area contributed by atoms with E-state index in [0.717, 1.165) is 11.4 Å². The van der Waals surface area contributed by atoms with Gasteiger partial charge in [0, 0.05) is 13.2 Å². The Kier molecular flexibility index (Phi) is 3.18. The summed E-state index contributed by atoms with van der Waals surface area (Å²) in [5.74, 6) is 0.681. The molecule has 0 aliphatic carbocycles. The lowest BCUT2D eigenvalue weighted by Crippen LogP contribution is -2.07. The Morgan fingerprint density at radius 2 is 2.24 bits per heavy atom. The van der Waals surface area contributed by atoms with Crippen LogP contribution in [0.15, 0.2) is 30.5 Å². The number of aromatic nitrogens is 2. The molecule has 0 atom stereocenters. The quantitative estimate of drug-likeness (QED) is 0.786. The van der Waals surface area contributed by atoms with Crippen LogP contribution in [0.2, 0.25) is 0 Å². The smallest absolute Gasteiger partial charge is 0.143 e. The monoisotopic (exact) mass is 232 g/mol. The average Bonchev–Trinajstić information content (AvgIpc) is 2.74. The van der Waals surface area contributed by atoms with Crippen LogP contribution in [0.25, 0.3) is 0 Å². The summed E-state index contributed by atoms with van der Waals surface area (Å²) < 4.78 is 6.99. The molecule has 0 bridgehead atoms. The minimum Gasteiger partial charge on any atom is -0.495 e. The number of ether oxygens (including phenoxy) is 1. The Morgan fingerprint density at radius 1 is 1.41 bits per heavy atom. The molecular weight excluding hydrogens is 216 g/mol. The predicted octanol–water partition coefficient (Wildman–Crippen LogP) is 1.62. The number of para-hydroxylation sites is 1. The van der Waals surface area contributed by atoms with Gasteiger partial charge in [0.05, 0.1) is 30.7 Å². The molecule has 0 saturated heterocycles. The number of hydrogen-bond donors (Lipinski definition) is 2. The van der Waals surface area contributed by atoms with Gasteiger partial charge in [-0.25, -0.2) is 0 Å². The third-order valence-electron chi connectivity index (χ3n) is 2.67. The van der Waals surface area contributed by atoms with Gasteiger partial charge in [-0.3, -0.25) is 4.68 Å². The van der Waals surface area contributed by atoms with Gasteiger partial charge in [0.2, 0.25) is 0 Å². The molecule has 5 heteroatoms. The largest absolute Gasteiger partial charge is 0.495 e. The summed E-state index contributed by atoms with van der Waals surface area (Å²) in [5, 5.41) is 7.37. The minimum absolute atomic E-state index is 0.622. The average molecular weight is 232 g/mol. The van der Waals surface area contributed by atoms with Crippen LogP contribution < -0.4 is 15.8 Å². The van der Waals surface area contributed by atoms with Crippen molar-refractivity contribution < 1.29 is 4.74 Å². The molecule has 0 aliphatic rings. The van der Waals surface area contributed by atoms with Gasteiger partial charge >= 0.3 is 0 Å². The number of methoxy groups -OCH3 is 1. The molecule has 5 nitrogen and oxygen atoms in total. The highest BCUT2D eigenvalue weighted by Gasteiger charge is 2.05. The first-order valence-corrected chi connectivity index (χ1v) is 5.35. The van der Waals surface area contributed by atoms with E-state index in [1.54, 1.807) is 13.3 Å². The van der Waals surface area contributed by atoms with Gasteiger partial charge in [-0.15, -0.1) is 0 Å². The number of benzene rings is 1. The van der Waals surface area contributed by atoms with E-state index < -0.39 is 0 Å². The third-order valence-corrected chi connectivity index (χ3v) is 2.67. The SMILES string of the molecule is COc1cccc(NCc2ccnn2C)c1N. The molecule has 17 heavy (non-hydrogen) atoms. The Bertz CT molecular complexity index is 507. The summed E-state index contributed by atoms with van der Waals surface area (Å²) in [7, 11) is 3.52. The number of nitrogens with one attached hydrogen (secondary N) is 1. The van der Waals surface area contributed by atoms with E-state index in [1.807, 2.05) is 36.0 Å². The molecule has 2 rings (SSSR count). The highest BCUT2D eigenvalue weighted by molar-refractivity contribution is 5.72. The summed E-state index contributed by atoms with van der Waals surface area (Å²) in [6.45, 7) is 0.674. The molecular formula is C12H16N4O. The number of nitrogens with zero attached hydrogens (tertiary/aromatic N) is 2. The molecule has 0 saturated carbocycles. The van der Waals surface area contributed by atoms with Crippen LogP contribution in [0.1, 0.15) is 5.69 Å². The lowest BCUT2D eigenvalue weighted by Gasteiger charge is -2.12. The van der Waals surface area contributed by atoms with Gasteiger partial charge in [-0.05, 0) is 18.2 Å². The second-order valence-corrected chi connectivity index (χ2v) is 3.72.